The van der Waals surface area contributed by atoms with Crippen LogP contribution < -0.4 is 0 Å². The predicted octanol–water partition coefficient (Wildman–Crippen LogP) is 4.04. The van der Waals surface area contributed by atoms with E-state index < -0.39 is 0 Å². The lowest BCUT2D eigenvalue weighted by Gasteiger charge is -2.34. The molecule has 0 spiro atoms. The van der Waals surface area contributed by atoms with Gasteiger partial charge in [0.05, 0.1) is 6.10 Å². The Morgan fingerprint density at radius 1 is 1.06 bits per heavy atom. The van der Waals surface area contributed by atoms with Gasteiger partial charge >= 0.3 is 0 Å². The van der Waals surface area contributed by atoms with E-state index in [1.165, 1.54) is 38.5 Å². The normalized spacial score (nSPS) is 36.7. The third-order valence-electron chi connectivity index (χ3n) is 3.54. The molecule has 0 amide bonds. The number of rotatable bonds is 3. The Bertz CT molecular complexity index is 224. The van der Waals surface area contributed by atoms with Gasteiger partial charge in [-0.3, -0.25) is 0 Å². The Labute approximate surface area is 112 Å². The van der Waals surface area contributed by atoms with Gasteiger partial charge in [-0.05, 0) is 36.2 Å². The van der Waals surface area contributed by atoms with Crippen molar-refractivity contribution in [3.05, 3.63) is 10.2 Å². The highest BCUT2D eigenvalue weighted by atomic mass is 127. The lowest BCUT2D eigenvalue weighted by molar-refractivity contribution is -0.199. The average Bonchev–Trinajstić information content (AvgIpc) is 2.33. The monoisotopic (exact) mass is 336 g/mol. The van der Waals surface area contributed by atoms with E-state index >= 15 is 0 Å². The molecule has 2 nitrogen and oxygen atoms in total. The molecule has 0 bridgehead atoms. The predicted molar refractivity (Wildman–Crippen MR) is 73.6 cm³/mol. The second-order valence-electron chi connectivity index (χ2n) is 4.74. The summed E-state index contributed by atoms with van der Waals surface area (Å²) in [5.41, 5.74) is 0. The van der Waals surface area contributed by atoms with Crippen molar-refractivity contribution in [2.45, 2.75) is 57.3 Å². The third-order valence-corrected chi connectivity index (χ3v) is 3.95. The van der Waals surface area contributed by atoms with E-state index in [2.05, 4.69) is 32.7 Å². The molecule has 0 aromatic rings. The van der Waals surface area contributed by atoms with Crippen LogP contribution in [-0.2, 0) is 9.47 Å². The second kappa shape index (κ2) is 6.97. The Balaban J connectivity index is 1.84. The molecule has 3 heteroatoms. The summed E-state index contributed by atoms with van der Waals surface area (Å²) in [5.74, 6) is 0.608. The number of ether oxygens (including phenoxy) is 2. The number of halogens is 1. The first-order chi connectivity index (χ1) is 7.90. The van der Waals surface area contributed by atoms with Crippen molar-refractivity contribution in [3.8, 4) is 0 Å². The van der Waals surface area contributed by atoms with Crippen molar-refractivity contribution in [1.29, 1.82) is 0 Å². The van der Waals surface area contributed by atoms with Crippen molar-refractivity contribution in [3.63, 3.8) is 0 Å². The molecule has 92 valence electrons. The van der Waals surface area contributed by atoms with E-state index in [-0.39, 0.29) is 6.29 Å². The minimum atomic E-state index is 0.0713. The fraction of sp³-hybridized carbons (Fsp3) is 0.846. The van der Waals surface area contributed by atoms with Gasteiger partial charge in [-0.2, -0.15) is 0 Å². The van der Waals surface area contributed by atoms with Crippen LogP contribution in [0.5, 0.6) is 0 Å². The van der Waals surface area contributed by atoms with Crippen molar-refractivity contribution >= 4 is 22.6 Å². The van der Waals surface area contributed by atoms with Gasteiger partial charge in [-0.1, -0.05) is 41.5 Å². The smallest absolute Gasteiger partial charge is 0.157 e. The van der Waals surface area contributed by atoms with Crippen molar-refractivity contribution in [1.82, 2.24) is 0 Å². The number of hydrogen-bond donors (Lipinski definition) is 0. The van der Waals surface area contributed by atoms with Crippen LogP contribution in [0.25, 0.3) is 0 Å². The van der Waals surface area contributed by atoms with E-state index in [9.17, 15) is 0 Å². The molecule has 2 rings (SSSR count). The first-order valence-electron chi connectivity index (χ1n) is 6.44. The van der Waals surface area contributed by atoms with E-state index in [1.54, 1.807) is 0 Å². The van der Waals surface area contributed by atoms with Gasteiger partial charge in [0.25, 0.3) is 0 Å². The van der Waals surface area contributed by atoms with Crippen LogP contribution in [0, 0.1) is 5.92 Å². The number of hydrogen-bond acceptors (Lipinski definition) is 2. The van der Waals surface area contributed by atoms with Gasteiger partial charge in [0.15, 0.2) is 6.29 Å². The Kier molecular flexibility index (Phi) is 5.59. The summed E-state index contributed by atoms with van der Waals surface area (Å²) in [6.45, 7) is 0.879. The maximum Gasteiger partial charge on any atom is 0.157 e. The topological polar surface area (TPSA) is 18.5 Å². The molecule has 0 radical (unpaired) electrons. The van der Waals surface area contributed by atoms with Crippen LogP contribution in [0.1, 0.15) is 44.9 Å². The lowest BCUT2D eigenvalue weighted by Crippen LogP contribution is -2.33. The molecular formula is C13H21IO2. The van der Waals surface area contributed by atoms with Crippen LogP contribution in [0.4, 0.5) is 0 Å². The average molecular weight is 336 g/mol. The second-order valence-corrected chi connectivity index (χ2v) is 5.46. The van der Waals surface area contributed by atoms with Crippen molar-refractivity contribution in [2.75, 3.05) is 6.61 Å². The van der Waals surface area contributed by atoms with E-state index in [0.717, 1.165) is 13.0 Å². The van der Waals surface area contributed by atoms with Crippen molar-refractivity contribution in [2.24, 2.45) is 5.92 Å². The molecule has 1 heterocycles. The molecule has 16 heavy (non-hydrogen) atoms. The van der Waals surface area contributed by atoms with E-state index in [1.807, 2.05) is 0 Å². The van der Waals surface area contributed by atoms with Crippen molar-refractivity contribution < 1.29 is 9.47 Å². The van der Waals surface area contributed by atoms with Gasteiger partial charge in [0.1, 0.15) is 0 Å². The molecule has 1 unspecified atom stereocenters. The Morgan fingerprint density at radius 2 is 1.88 bits per heavy atom. The van der Waals surface area contributed by atoms with Gasteiger partial charge in [-0.15, -0.1) is 0 Å². The maximum atomic E-state index is 6.12. The standard InChI is InChI=1S/C13H21IO2/c14-9-8-11-5-1-2-6-12(11)16-13-7-3-4-10-15-13/h8-9,11-13H,1-7,10H2/b9-8+/t11-,12+,13?/m0/s1. The zero-order chi connectivity index (χ0) is 11.2. The van der Waals surface area contributed by atoms with Gasteiger partial charge in [0.2, 0.25) is 0 Å². The highest BCUT2D eigenvalue weighted by Gasteiger charge is 2.27. The van der Waals surface area contributed by atoms with Gasteiger partial charge < -0.3 is 9.47 Å². The Morgan fingerprint density at radius 3 is 2.62 bits per heavy atom. The molecular weight excluding hydrogens is 315 g/mol. The molecule has 1 aliphatic heterocycles. The summed E-state index contributed by atoms with van der Waals surface area (Å²) in [5, 5.41) is 0. The summed E-state index contributed by atoms with van der Waals surface area (Å²) in [4.78, 5) is 0. The summed E-state index contributed by atoms with van der Waals surface area (Å²) >= 11 is 2.30. The molecule has 2 fully saturated rings. The highest BCUT2D eigenvalue weighted by molar-refractivity contribution is 14.1. The van der Waals surface area contributed by atoms with Gasteiger partial charge in [0, 0.05) is 12.5 Å². The first-order valence-corrected chi connectivity index (χ1v) is 7.68. The van der Waals surface area contributed by atoms with Crippen LogP contribution in [0.15, 0.2) is 10.2 Å². The SMILES string of the molecule is I/C=C/[C@@H]1CCCC[C@H]1OC1CCCCO1. The van der Waals surface area contributed by atoms with Crippen LogP contribution in [0.3, 0.4) is 0 Å². The minimum absolute atomic E-state index is 0.0713. The molecule has 1 aliphatic carbocycles. The molecule has 0 N–H and O–H groups in total. The fourth-order valence-corrected chi connectivity index (χ4v) is 3.15. The van der Waals surface area contributed by atoms with E-state index in [4.69, 9.17) is 9.47 Å². The van der Waals surface area contributed by atoms with Crippen LogP contribution >= 0.6 is 22.6 Å². The minimum Gasteiger partial charge on any atom is -0.353 e. The fourth-order valence-electron chi connectivity index (χ4n) is 2.62. The molecule has 1 saturated heterocycles. The maximum absolute atomic E-state index is 6.12. The van der Waals surface area contributed by atoms with E-state index in [0.29, 0.717) is 12.0 Å². The zero-order valence-electron chi connectivity index (χ0n) is 9.74. The largest absolute Gasteiger partial charge is 0.353 e. The first kappa shape index (κ1) is 12.8. The molecule has 0 aromatic carbocycles. The molecule has 1 saturated carbocycles. The zero-order valence-corrected chi connectivity index (χ0v) is 11.9. The molecule has 0 aromatic heterocycles. The van der Waals surface area contributed by atoms with Gasteiger partial charge in [-0.25, -0.2) is 0 Å². The quantitative estimate of drug-likeness (QED) is 0.725. The molecule has 3 atom stereocenters. The third kappa shape index (κ3) is 3.70. The summed E-state index contributed by atoms with van der Waals surface area (Å²) < 4.78 is 13.9. The van der Waals surface area contributed by atoms with Crippen LogP contribution in [0.2, 0.25) is 0 Å². The summed E-state index contributed by atoms with van der Waals surface area (Å²) in [7, 11) is 0. The summed E-state index contributed by atoms with van der Waals surface area (Å²) in [6.07, 6.45) is 11.4. The summed E-state index contributed by atoms with van der Waals surface area (Å²) in [6, 6.07) is 0. The Hall–Kier alpha value is 0.390. The van der Waals surface area contributed by atoms with Crippen LogP contribution in [-0.4, -0.2) is 19.0 Å². The lowest BCUT2D eigenvalue weighted by atomic mass is 9.86. The highest BCUT2D eigenvalue weighted by Crippen LogP contribution is 2.30. The molecule has 2 aliphatic rings.